The van der Waals surface area contributed by atoms with Gasteiger partial charge in [-0.05, 0) is 24.6 Å². The summed E-state index contributed by atoms with van der Waals surface area (Å²) < 4.78 is 32.7. The highest BCUT2D eigenvalue weighted by Gasteiger charge is 2.42. The maximum atomic E-state index is 13.0. The van der Waals surface area contributed by atoms with Gasteiger partial charge in [-0.1, -0.05) is 6.07 Å². The lowest BCUT2D eigenvalue weighted by molar-refractivity contribution is 0.114. The number of rotatable bonds is 4. The number of imidazole rings is 1. The van der Waals surface area contributed by atoms with Crippen LogP contribution < -0.4 is 0 Å². The zero-order valence-corrected chi connectivity index (χ0v) is 13.3. The third-order valence-corrected chi connectivity index (χ3v) is 5.83. The van der Waals surface area contributed by atoms with E-state index in [0.29, 0.717) is 17.8 Å². The summed E-state index contributed by atoms with van der Waals surface area (Å²) >= 11 is 0. The second kappa shape index (κ2) is 6.12. The number of methoxy groups -OCH3 is 1. The number of nitriles is 1. The number of hydrogen-bond acceptors (Lipinski definition) is 5. The molecule has 1 saturated heterocycles. The Hall–Kier alpha value is -2.21. The number of hydrogen-bond donors (Lipinski definition) is 1. The summed E-state index contributed by atoms with van der Waals surface area (Å²) in [7, 11) is -2.18. The first-order chi connectivity index (χ1) is 11.1. The van der Waals surface area contributed by atoms with Crippen molar-refractivity contribution in [2.24, 2.45) is 0 Å². The van der Waals surface area contributed by atoms with Gasteiger partial charge in [0.1, 0.15) is 5.82 Å². The molecule has 0 spiro atoms. The molecule has 1 aromatic heterocycles. The van der Waals surface area contributed by atoms with Gasteiger partial charge < -0.3 is 9.72 Å². The van der Waals surface area contributed by atoms with E-state index in [1.807, 2.05) is 6.07 Å². The maximum Gasteiger partial charge on any atom is 0.243 e. The molecular formula is C15H16N4O3S. The Kier molecular flexibility index (Phi) is 4.17. The molecule has 1 aromatic carbocycles. The SMILES string of the molecule is CO[C@@H]1CC(c2ncc[nH]2)N(S(=O)(=O)c2cccc(C#N)c2)C1. The third kappa shape index (κ3) is 2.86. The average Bonchev–Trinajstić information content (AvgIpc) is 3.23. The van der Waals surface area contributed by atoms with Crippen molar-refractivity contribution >= 4 is 10.0 Å². The van der Waals surface area contributed by atoms with Crippen LogP contribution in [-0.4, -0.2) is 42.4 Å². The first-order valence-corrected chi connectivity index (χ1v) is 8.54. The largest absolute Gasteiger partial charge is 0.380 e. The van der Waals surface area contributed by atoms with Crippen molar-refractivity contribution in [3.05, 3.63) is 48.0 Å². The first kappa shape index (κ1) is 15.7. The summed E-state index contributed by atoms with van der Waals surface area (Å²) in [6, 6.07) is 7.57. The van der Waals surface area contributed by atoms with Gasteiger partial charge in [-0.25, -0.2) is 13.4 Å². The van der Waals surface area contributed by atoms with Gasteiger partial charge in [-0.3, -0.25) is 0 Å². The van der Waals surface area contributed by atoms with E-state index in [1.54, 1.807) is 31.6 Å². The number of nitrogens with one attached hydrogen (secondary N) is 1. The minimum absolute atomic E-state index is 0.102. The Bertz CT molecular complexity index is 827. The van der Waals surface area contributed by atoms with Crippen molar-refractivity contribution in [2.45, 2.75) is 23.5 Å². The van der Waals surface area contributed by atoms with E-state index in [0.717, 1.165) is 0 Å². The van der Waals surface area contributed by atoms with Crippen molar-refractivity contribution in [1.29, 1.82) is 5.26 Å². The summed E-state index contributed by atoms with van der Waals surface area (Å²) in [5, 5.41) is 8.98. The van der Waals surface area contributed by atoms with Gasteiger partial charge in [0.25, 0.3) is 0 Å². The van der Waals surface area contributed by atoms with Gasteiger partial charge in [0.15, 0.2) is 0 Å². The van der Waals surface area contributed by atoms with Crippen molar-refractivity contribution in [1.82, 2.24) is 14.3 Å². The molecular weight excluding hydrogens is 316 g/mol. The van der Waals surface area contributed by atoms with Gasteiger partial charge >= 0.3 is 0 Å². The third-order valence-electron chi connectivity index (χ3n) is 3.96. The second-order valence-electron chi connectivity index (χ2n) is 5.30. The van der Waals surface area contributed by atoms with Crippen molar-refractivity contribution in [2.75, 3.05) is 13.7 Å². The zero-order valence-electron chi connectivity index (χ0n) is 12.5. The average molecular weight is 332 g/mol. The van der Waals surface area contributed by atoms with Crippen LogP contribution in [0.4, 0.5) is 0 Å². The van der Waals surface area contributed by atoms with Gasteiger partial charge in [-0.15, -0.1) is 0 Å². The molecule has 0 saturated carbocycles. The van der Waals surface area contributed by atoms with Crippen LogP contribution in [0, 0.1) is 11.3 Å². The number of aromatic amines is 1. The first-order valence-electron chi connectivity index (χ1n) is 7.10. The zero-order chi connectivity index (χ0) is 16.4. The highest BCUT2D eigenvalue weighted by atomic mass is 32.2. The van der Waals surface area contributed by atoms with Crippen LogP contribution in [0.3, 0.4) is 0 Å². The second-order valence-corrected chi connectivity index (χ2v) is 7.19. The molecule has 1 aliphatic rings. The van der Waals surface area contributed by atoms with Gasteiger partial charge in [0, 0.05) is 26.0 Å². The monoisotopic (exact) mass is 332 g/mol. The van der Waals surface area contributed by atoms with Crippen LogP contribution >= 0.6 is 0 Å². The van der Waals surface area contributed by atoms with Gasteiger partial charge in [0.2, 0.25) is 10.0 Å². The summed E-state index contributed by atoms with van der Waals surface area (Å²) in [6.45, 7) is 0.251. The molecule has 1 unspecified atom stereocenters. The highest BCUT2D eigenvalue weighted by molar-refractivity contribution is 7.89. The Labute approximate surface area is 134 Å². The molecule has 1 aliphatic heterocycles. The van der Waals surface area contributed by atoms with E-state index < -0.39 is 16.1 Å². The van der Waals surface area contributed by atoms with Crippen LogP contribution in [-0.2, 0) is 14.8 Å². The number of ether oxygens (including phenoxy) is 1. The topological polar surface area (TPSA) is 99.1 Å². The molecule has 2 atom stereocenters. The van der Waals surface area contributed by atoms with E-state index in [4.69, 9.17) is 10.00 Å². The lowest BCUT2D eigenvalue weighted by atomic mass is 10.2. The van der Waals surface area contributed by atoms with Crippen LogP contribution in [0.15, 0.2) is 41.6 Å². The van der Waals surface area contributed by atoms with E-state index in [9.17, 15) is 8.42 Å². The van der Waals surface area contributed by atoms with Crippen LogP contribution in [0.1, 0.15) is 23.9 Å². The number of sulfonamides is 1. The van der Waals surface area contributed by atoms with Crippen LogP contribution in [0.2, 0.25) is 0 Å². The molecule has 8 heteroatoms. The van der Waals surface area contributed by atoms with Gasteiger partial charge in [0.05, 0.1) is 28.7 Å². The van der Waals surface area contributed by atoms with Gasteiger partial charge in [-0.2, -0.15) is 9.57 Å². The summed E-state index contributed by atoms with van der Waals surface area (Å²) in [5.74, 6) is 0.588. The van der Waals surface area contributed by atoms with Crippen LogP contribution in [0.25, 0.3) is 0 Å². The predicted octanol–water partition coefficient (Wildman–Crippen LogP) is 1.43. The molecule has 0 amide bonds. The van der Waals surface area contributed by atoms with E-state index in [1.165, 1.54) is 16.4 Å². The molecule has 3 rings (SSSR count). The summed E-state index contributed by atoms with van der Waals surface area (Å²) in [4.78, 5) is 7.26. The molecule has 1 fully saturated rings. The molecule has 0 radical (unpaired) electrons. The summed E-state index contributed by atoms with van der Waals surface area (Å²) in [5.41, 5.74) is 0.308. The number of benzene rings is 1. The minimum Gasteiger partial charge on any atom is -0.380 e. The van der Waals surface area contributed by atoms with Crippen molar-refractivity contribution in [3.8, 4) is 6.07 Å². The Morgan fingerprint density at radius 1 is 1.48 bits per heavy atom. The van der Waals surface area contributed by atoms with Crippen molar-refractivity contribution in [3.63, 3.8) is 0 Å². The highest BCUT2D eigenvalue weighted by Crippen LogP contribution is 2.36. The lowest BCUT2D eigenvalue weighted by Gasteiger charge is -2.22. The molecule has 23 heavy (non-hydrogen) atoms. The molecule has 2 heterocycles. The molecule has 120 valence electrons. The fourth-order valence-electron chi connectivity index (χ4n) is 2.77. The fraction of sp³-hybridized carbons (Fsp3) is 0.333. The minimum atomic E-state index is -3.75. The molecule has 7 nitrogen and oxygen atoms in total. The maximum absolute atomic E-state index is 13.0. The smallest absolute Gasteiger partial charge is 0.243 e. The van der Waals surface area contributed by atoms with E-state index in [2.05, 4.69) is 9.97 Å². The summed E-state index contributed by atoms with van der Waals surface area (Å²) in [6.07, 6.45) is 3.59. The molecule has 2 aromatic rings. The Morgan fingerprint density at radius 3 is 2.96 bits per heavy atom. The fourth-order valence-corrected chi connectivity index (χ4v) is 4.46. The number of H-pyrrole nitrogens is 1. The Balaban J connectivity index is 2.01. The molecule has 1 N–H and O–H groups in total. The normalized spacial score (nSPS) is 22.1. The molecule has 0 bridgehead atoms. The predicted molar refractivity (Wildman–Crippen MR) is 81.8 cm³/mol. The van der Waals surface area contributed by atoms with Crippen LogP contribution in [0.5, 0.6) is 0 Å². The standard InChI is InChI=1S/C15H16N4O3S/c1-22-12-8-14(15-17-5-6-18-15)19(10-12)23(20,21)13-4-2-3-11(7-13)9-16/h2-7,12,14H,8,10H2,1H3,(H,17,18)/t12-,14?/m1/s1. The lowest BCUT2D eigenvalue weighted by Crippen LogP contribution is -2.32. The number of nitrogens with zero attached hydrogens (tertiary/aromatic N) is 3. The number of aromatic nitrogens is 2. The van der Waals surface area contributed by atoms with Crippen molar-refractivity contribution < 1.29 is 13.2 Å². The van der Waals surface area contributed by atoms with E-state index in [-0.39, 0.29) is 17.5 Å². The molecule has 0 aliphatic carbocycles. The van der Waals surface area contributed by atoms with E-state index >= 15 is 0 Å². The quantitative estimate of drug-likeness (QED) is 0.913. The Morgan fingerprint density at radius 2 is 2.30 bits per heavy atom.